The van der Waals surface area contributed by atoms with Crippen LogP contribution in [0.15, 0.2) is 36.7 Å². The summed E-state index contributed by atoms with van der Waals surface area (Å²) in [5, 5.41) is 0. The van der Waals surface area contributed by atoms with Gasteiger partial charge in [0.2, 0.25) is 0 Å². The number of rotatable bonds is 5. The maximum absolute atomic E-state index is 12.4. The van der Waals surface area contributed by atoms with E-state index in [1.54, 1.807) is 37.7 Å². The Bertz CT molecular complexity index is 623. The highest BCUT2D eigenvalue weighted by molar-refractivity contribution is 6.09. The smallest absolute Gasteiger partial charge is 0.194 e. The molecule has 0 N–H and O–H groups in total. The van der Waals surface area contributed by atoms with Gasteiger partial charge < -0.3 is 9.47 Å². The van der Waals surface area contributed by atoms with Gasteiger partial charge in [-0.1, -0.05) is 0 Å². The number of hydrogen-bond acceptors (Lipinski definition) is 4. The third-order valence-corrected chi connectivity index (χ3v) is 2.94. The van der Waals surface area contributed by atoms with Crippen molar-refractivity contribution in [2.75, 3.05) is 13.7 Å². The number of carbonyl (C=O) groups is 1. The van der Waals surface area contributed by atoms with Gasteiger partial charge in [0, 0.05) is 17.3 Å². The molecule has 104 valence electrons. The van der Waals surface area contributed by atoms with Gasteiger partial charge in [0.05, 0.1) is 19.9 Å². The molecule has 0 aliphatic carbocycles. The predicted molar refractivity (Wildman–Crippen MR) is 76.6 cm³/mol. The average Bonchev–Trinajstić information content (AvgIpc) is 2.47. The van der Waals surface area contributed by atoms with Crippen molar-refractivity contribution in [2.24, 2.45) is 0 Å². The lowest BCUT2D eigenvalue weighted by atomic mass is 10.0. The predicted octanol–water partition coefficient (Wildman–Crippen LogP) is 3.03. The first-order valence-corrected chi connectivity index (χ1v) is 6.43. The van der Waals surface area contributed by atoms with E-state index in [1.807, 2.05) is 19.9 Å². The Morgan fingerprint density at radius 2 is 2.00 bits per heavy atom. The van der Waals surface area contributed by atoms with Crippen LogP contribution in [0, 0.1) is 6.92 Å². The van der Waals surface area contributed by atoms with Crippen molar-refractivity contribution >= 4 is 5.78 Å². The van der Waals surface area contributed by atoms with Crippen LogP contribution >= 0.6 is 0 Å². The van der Waals surface area contributed by atoms with Crippen molar-refractivity contribution in [2.45, 2.75) is 13.8 Å². The van der Waals surface area contributed by atoms with Gasteiger partial charge in [-0.15, -0.1) is 0 Å². The fraction of sp³-hybridized carbons (Fsp3) is 0.250. The molecule has 4 nitrogen and oxygen atoms in total. The van der Waals surface area contributed by atoms with Crippen LogP contribution in [0.5, 0.6) is 11.5 Å². The number of ketones is 1. The summed E-state index contributed by atoms with van der Waals surface area (Å²) in [7, 11) is 1.61. The molecule has 0 amide bonds. The van der Waals surface area contributed by atoms with Gasteiger partial charge in [-0.3, -0.25) is 9.78 Å². The van der Waals surface area contributed by atoms with E-state index in [0.717, 1.165) is 11.3 Å². The minimum absolute atomic E-state index is 0.0789. The largest absolute Gasteiger partial charge is 0.496 e. The lowest BCUT2D eigenvalue weighted by Gasteiger charge is -2.08. The van der Waals surface area contributed by atoms with Crippen molar-refractivity contribution in [1.82, 2.24) is 4.98 Å². The summed E-state index contributed by atoms with van der Waals surface area (Å²) in [5.74, 6) is 1.29. The van der Waals surface area contributed by atoms with Gasteiger partial charge >= 0.3 is 0 Å². The number of aryl methyl sites for hydroxylation is 1. The number of pyridine rings is 1. The zero-order valence-electron chi connectivity index (χ0n) is 11.8. The quantitative estimate of drug-likeness (QED) is 0.784. The molecule has 0 unspecified atom stereocenters. The molecule has 1 heterocycles. The van der Waals surface area contributed by atoms with E-state index in [1.165, 1.54) is 0 Å². The molecule has 0 aliphatic rings. The highest BCUT2D eigenvalue weighted by Gasteiger charge is 2.12. The van der Waals surface area contributed by atoms with Crippen molar-refractivity contribution in [1.29, 1.82) is 0 Å². The molecule has 0 fully saturated rings. The van der Waals surface area contributed by atoms with E-state index < -0.39 is 0 Å². The molecule has 0 radical (unpaired) electrons. The molecule has 1 aromatic heterocycles. The zero-order valence-corrected chi connectivity index (χ0v) is 11.8. The zero-order chi connectivity index (χ0) is 14.5. The Morgan fingerprint density at radius 1 is 1.20 bits per heavy atom. The molecule has 4 heteroatoms. The van der Waals surface area contributed by atoms with Gasteiger partial charge in [0.25, 0.3) is 0 Å². The summed E-state index contributed by atoms with van der Waals surface area (Å²) in [5.41, 5.74) is 2.05. The number of aromatic nitrogens is 1. The standard InChI is InChI=1S/C16H17NO3/c1-4-20-14-8-13(9-17-10-14)16(18)12-5-6-15(19-3)11(2)7-12/h5-10H,4H2,1-3H3. The second-order valence-corrected chi connectivity index (χ2v) is 4.36. The van der Waals surface area contributed by atoms with E-state index in [4.69, 9.17) is 9.47 Å². The monoisotopic (exact) mass is 271 g/mol. The maximum atomic E-state index is 12.4. The van der Waals surface area contributed by atoms with E-state index in [0.29, 0.717) is 23.5 Å². The van der Waals surface area contributed by atoms with Crippen LogP contribution in [0.4, 0.5) is 0 Å². The normalized spacial score (nSPS) is 10.2. The third-order valence-electron chi connectivity index (χ3n) is 2.94. The van der Waals surface area contributed by atoms with Crippen molar-refractivity contribution in [3.63, 3.8) is 0 Å². The number of nitrogens with zero attached hydrogens (tertiary/aromatic N) is 1. The van der Waals surface area contributed by atoms with Gasteiger partial charge in [-0.25, -0.2) is 0 Å². The van der Waals surface area contributed by atoms with Gasteiger partial charge in [0.15, 0.2) is 5.78 Å². The molecule has 0 saturated heterocycles. The molecule has 20 heavy (non-hydrogen) atoms. The van der Waals surface area contributed by atoms with Crippen LogP contribution in [0.3, 0.4) is 0 Å². The number of ether oxygens (including phenoxy) is 2. The highest BCUT2D eigenvalue weighted by atomic mass is 16.5. The topological polar surface area (TPSA) is 48.4 Å². The van der Waals surface area contributed by atoms with Crippen LogP contribution in [0.2, 0.25) is 0 Å². The third kappa shape index (κ3) is 2.96. The van der Waals surface area contributed by atoms with Crippen LogP contribution in [0.1, 0.15) is 28.4 Å². The highest BCUT2D eigenvalue weighted by Crippen LogP contribution is 2.21. The number of benzene rings is 1. The summed E-state index contributed by atoms with van der Waals surface area (Å²) in [6.45, 7) is 4.34. The molecule has 0 spiro atoms. The van der Waals surface area contributed by atoms with E-state index in [9.17, 15) is 4.79 Å². The van der Waals surface area contributed by atoms with Crippen molar-refractivity contribution in [3.05, 3.63) is 53.3 Å². The second kappa shape index (κ2) is 6.19. The first-order valence-electron chi connectivity index (χ1n) is 6.43. The summed E-state index contributed by atoms with van der Waals surface area (Å²) in [4.78, 5) is 16.5. The van der Waals surface area contributed by atoms with Crippen LogP contribution in [0.25, 0.3) is 0 Å². The Labute approximate surface area is 118 Å². The van der Waals surface area contributed by atoms with Crippen LogP contribution in [-0.2, 0) is 0 Å². The van der Waals surface area contributed by atoms with Gasteiger partial charge in [0.1, 0.15) is 11.5 Å². The summed E-state index contributed by atoms with van der Waals surface area (Å²) < 4.78 is 10.6. The summed E-state index contributed by atoms with van der Waals surface area (Å²) in [6, 6.07) is 7.07. The number of hydrogen-bond donors (Lipinski definition) is 0. The molecule has 0 atom stereocenters. The minimum atomic E-state index is -0.0789. The summed E-state index contributed by atoms with van der Waals surface area (Å²) in [6.07, 6.45) is 3.14. The van der Waals surface area contributed by atoms with Crippen molar-refractivity contribution in [3.8, 4) is 11.5 Å². The van der Waals surface area contributed by atoms with E-state index in [2.05, 4.69) is 4.98 Å². The van der Waals surface area contributed by atoms with E-state index in [-0.39, 0.29) is 5.78 Å². The van der Waals surface area contributed by atoms with Crippen molar-refractivity contribution < 1.29 is 14.3 Å². The van der Waals surface area contributed by atoms with Crippen LogP contribution in [-0.4, -0.2) is 24.5 Å². The molecule has 2 rings (SSSR count). The first kappa shape index (κ1) is 14.1. The fourth-order valence-electron chi connectivity index (χ4n) is 1.97. The molecule has 0 aliphatic heterocycles. The minimum Gasteiger partial charge on any atom is -0.496 e. The lowest BCUT2D eigenvalue weighted by molar-refractivity contribution is 0.103. The van der Waals surface area contributed by atoms with Crippen LogP contribution < -0.4 is 9.47 Å². The molecular weight excluding hydrogens is 254 g/mol. The first-order chi connectivity index (χ1) is 9.65. The maximum Gasteiger partial charge on any atom is 0.194 e. The second-order valence-electron chi connectivity index (χ2n) is 4.36. The Hall–Kier alpha value is -2.36. The molecule has 1 aromatic carbocycles. The fourth-order valence-corrected chi connectivity index (χ4v) is 1.97. The Morgan fingerprint density at radius 3 is 2.65 bits per heavy atom. The number of carbonyl (C=O) groups excluding carboxylic acids is 1. The lowest BCUT2D eigenvalue weighted by Crippen LogP contribution is -2.04. The van der Waals surface area contributed by atoms with Gasteiger partial charge in [-0.05, 0) is 43.7 Å². The molecule has 0 bridgehead atoms. The molecule has 0 saturated carbocycles. The average molecular weight is 271 g/mol. The van der Waals surface area contributed by atoms with Gasteiger partial charge in [-0.2, -0.15) is 0 Å². The SMILES string of the molecule is CCOc1cncc(C(=O)c2ccc(OC)c(C)c2)c1. The Kier molecular flexibility index (Phi) is 4.35. The van der Waals surface area contributed by atoms with E-state index >= 15 is 0 Å². The Balaban J connectivity index is 2.31. The molecule has 2 aromatic rings. The molecular formula is C16H17NO3. The summed E-state index contributed by atoms with van der Waals surface area (Å²) >= 11 is 0. The number of methoxy groups -OCH3 is 1.